The van der Waals surface area contributed by atoms with E-state index in [4.69, 9.17) is 9.47 Å². The van der Waals surface area contributed by atoms with Gasteiger partial charge in [-0.1, -0.05) is 6.07 Å². The van der Waals surface area contributed by atoms with Gasteiger partial charge in [0.2, 0.25) is 0 Å². The maximum atomic E-state index is 12.9. The molecular formula is C20H22FNO4. The van der Waals surface area contributed by atoms with Crippen LogP contribution in [0.2, 0.25) is 0 Å². The van der Waals surface area contributed by atoms with Crippen molar-refractivity contribution in [2.45, 2.75) is 24.9 Å². The molecule has 138 valence electrons. The summed E-state index contributed by atoms with van der Waals surface area (Å²) in [6, 6.07) is 11.1. The second-order valence-electron chi connectivity index (χ2n) is 6.43. The van der Waals surface area contributed by atoms with Crippen molar-refractivity contribution in [2.75, 3.05) is 20.3 Å². The second-order valence-corrected chi connectivity index (χ2v) is 6.43. The van der Waals surface area contributed by atoms with E-state index < -0.39 is 5.60 Å². The number of hydrogen-bond donors (Lipinski definition) is 2. The maximum Gasteiger partial charge on any atom is 0.258 e. The van der Waals surface area contributed by atoms with Gasteiger partial charge in [-0.05, 0) is 66.8 Å². The number of aryl methyl sites for hydroxylation is 1. The highest BCUT2D eigenvalue weighted by molar-refractivity contribution is 5.77. The van der Waals surface area contributed by atoms with Gasteiger partial charge in [-0.25, -0.2) is 4.39 Å². The Balaban J connectivity index is 1.59. The van der Waals surface area contributed by atoms with Gasteiger partial charge in [-0.2, -0.15) is 0 Å². The number of methoxy groups -OCH3 is 1. The van der Waals surface area contributed by atoms with Crippen molar-refractivity contribution in [3.8, 4) is 11.5 Å². The highest BCUT2D eigenvalue weighted by atomic mass is 19.1. The molecule has 26 heavy (non-hydrogen) atoms. The molecule has 3 rings (SSSR count). The lowest BCUT2D eigenvalue weighted by molar-refractivity contribution is -0.124. The number of halogens is 1. The van der Waals surface area contributed by atoms with Gasteiger partial charge < -0.3 is 19.9 Å². The van der Waals surface area contributed by atoms with Gasteiger partial charge >= 0.3 is 0 Å². The number of ether oxygens (including phenoxy) is 2. The first-order valence-corrected chi connectivity index (χ1v) is 8.55. The average Bonchev–Trinajstić information content (AvgIpc) is 2.66. The lowest BCUT2D eigenvalue weighted by atomic mass is 9.79. The average molecular weight is 359 g/mol. The molecule has 0 fully saturated rings. The van der Waals surface area contributed by atoms with Gasteiger partial charge in [0.1, 0.15) is 22.9 Å². The quantitative estimate of drug-likeness (QED) is 0.832. The van der Waals surface area contributed by atoms with E-state index in [2.05, 4.69) is 5.32 Å². The first-order chi connectivity index (χ1) is 12.5. The predicted molar refractivity (Wildman–Crippen MR) is 94.7 cm³/mol. The van der Waals surface area contributed by atoms with Gasteiger partial charge in [0.25, 0.3) is 5.91 Å². The molecule has 0 spiro atoms. The molecule has 2 N–H and O–H groups in total. The molecule has 0 radical (unpaired) electrons. The van der Waals surface area contributed by atoms with E-state index in [1.165, 1.54) is 24.3 Å². The summed E-state index contributed by atoms with van der Waals surface area (Å²) in [7, 11) is 1.61. The van der Waals surface area contributed by atoms with Crippen LogP contribution < -0.4 is 14.8 Å². The van der Waals surface area contributed by atoms with Crippen molar-refractivity contribution in [1.29, 1.82) is 0 Å². The molecular weight excluding hydrogens is 337 g/mol. The fourth-order valence-electron chi connectivity index (χ4n) is 3.22. The largest absolute Gasteiger partial charge is 0.497 e. The summed E-state index contributed by atoms with van der Waals surface area (Å²) in [4.78, 5) is 12.0. The molecule has 0 saturated heterocycles. The van der Waals surface area contributed by atoms with E-state index in [0.29, 0.717) is 12.2 Å². The van der Waals surface area contributed by atoms with Crippen LogP contribution in [0, 0.1) is 5.82 Å². The molecule has 1 atom stereocenters. The fourth-order valence-corrected chi connectivity index (χ4v) is 3.22. The van der Waals surface area contributed by atoms with Crippen LogP contribution in [0.25, 0.3) is 0 Å². The summed E-state index contributed by atoms with van der Waals surface area (Å²) in [5, 5.41) is 13.7. The molecule has 0 aromatic heterocycles. The predicted octanol–water partition coefficient (Wildman–Crippen LogP) is 2.55. The lowest BCUT2D eigenvalue weighted by Gasteiger charge is -2.34. The molecule has 1 unspecified atom stereocenters. The Morgan fingerprint density at radius 1 is 1.23 bits per heavy atom. The van der Waals surface area contributed by atoms with Crippen LogP contribution in [-0.2, 0) is 16.8 Å². The minimum absolute atomic E-state index is 0.109. The topological polar surface area (TPSA) is 67.8 Å². The number of benzene rings is 2. The van der Waals surface area contributed by atoms with Crippen LogP contribution in [0.5, 0.6) is 11.5 Å². The first-order valence-electron chi connectivity index (χ1n) is 8.55. The number of nitrogens with one attached hydrogen (secondary N) is 1. The Kier molecular flexibility index (Phi) is 5.42. The lowest BCUT2D eigenvalue weighted by Crippen LogP contribution is -2.44. The second kappa shape index (κ2) is 7.74. The third-order valence-electron chi connectivity index (χ3n) is 4.61. The van der Waals surface area contributed by atoms with Crippen LogP contribution in [0.15, 0.2) is 42.5 Å². The van der Waals surface area contributed by atoms with E-state index in [-0.39, 0.29) is 24.9 Å². The van der Waals surface area contributed by atoms with E-state index in [9.17, 15) is 14.3 Å². The Morgan fingerprint density at radius 2 is 1.96 bits per heavy atom. The Morgan fingerprint density at radius 3 is 2.69 bits per heavy atom. The normalized spacial score (nSPS) is 18.7. The summed E-state index contributed by atoms with van der Waals surface area (Å²) in [6.45, 7) is -0.0882. The van der Waals surface area contributed by atoms with Gasteiger partial charge in [-0.3, -0.25) is 4.79 Å². The Bertz CT molecular complexity index is 778. The SMILES string of the molecule is COc1ccc2c(c1)CCCC2(O)CNC(=O)COc1ccc(F)cc1. The zero-order chi connectivity index (χ0) is 18.6. The number of carbonyl (C=O) groups is 1. The van der Waals surface area contributed by atoms with Crippen molar-refractivity contribution in [2.24, 2.45) is 0 Å². The standard InChI is InChI=1S/C20H22FNO4/c1-25-17-8-9-18-14(11-17)3-2-10-20(18,24)13-22-19(23)12-26-16-6-4-15(21)5-7-16/h4-9,11,24H,2-3,10,12-13H2,1H3,(H,22,23). The number of rotatable bonds is 6. The van der Waals surface area contributed by atoms with Gasteiger partial charge in [0.15, 0.2) is 6.61 Å². The van der Waals surface area contributed by atoms with Gasteiger partial charge in [-0.15, -0.1) is 0 Å². The third kappa shape index (κ3) is 4.14. The molecule has 6 heteroatoms. The summed E-state index contributed by atoms with van der Waals surface area (Å²) in [6.07, 6.45) is 2.28. The molecule has 1 aliphatic rings. The molecule has 5 nitrogen and oxygen atoms in total. The highest BCUT2D eigenvalue weighted by Crippen LogP contribution is 2.36. The van der Waals surface area contributed by atoms with E-state index in [0.717, 1.165) is 29.7 Å². The van der Waals surface area contributed by atoms with Crippen molar-refractivity contribution < 1.29 is 23.8 Å². The van der Waals surface area contributed by atoms with Crippen molar-refractivity contribution >= 4 is 5.91 Å². The van der Waals surface area contributed by atoms with E-state index in [1.807, 2.05) is 18.2 Å². The number of fused-ring (bicyclic) bond motifs is 1. The molecule has 0 aliphatic heterocycles. The molecule has 0 heterocycles. The number of aliphatic hydroxyl groups is 1. The number of hydrogen-bond acceptors (Lipinski definition) is 4. The monoisotopic (exact) mass is 359 g/mol. The molecule has 0 saturated carbocycles. The minimum atomic E-state index is -1.11. The summed E-state index contributed by atoms with van der Waals surface area (Å²) in [5.74, 6) is 0.458. The van der Waals surface area contributed by atoms with Gasteiger partial charge in [0, 0.05) is 0 Å². The van der Waals surface area contributed by atoms with Crippen LogP contribution in [-0.4, -0.2) is 31.3 Å². The smallest absolute Gasteiger partial charge is 0.258 e. The first kappa shape index (κ1) is 18.2. The summed E-state index contributed by atoms with van der Waals surface area (Å²) in [5.41, 5.74) is 0.755. The maximum absolute atomic E-state index is 12.9. The third-order valence-corrected chi connectivity index (χ3v) is 4.61. The van der Waals surface area contributed by atoms with E-state index in [1.54, 1.807) is 7.11 Å². The van der Waals surface area contributed by atoms with Crippen LogP contribution in [0.1, 0.15) is 24.0 Å². The molecule has 2 aromatic rings. The molecule has 0 bridgehead atoms. The molecule has 1 aliphatic carbocycles. The van der Waals surface area contributed by atoms with Crippen molar-refractivity contribution in [1.82, 2.24) is 5.32 Å². The summed E-state index contributed by atoms with van der Waals surface area (Å²) >= 11 is 0. The highest BCUT2D eigenvalue weighted by Gasteiger charge is 2.34. The zero-order valence-corrected chi connectivity index (χ0v) is 14.6. The van der Waals surface area contributed by atoms with Crippen molar-refractivity contribution in [3.63, 3.8) is 0 Å². The van der Waals surface area contributed by atoms with Crippen molar-refractivity contribution in [3.05, 3.63) is 59.4 Å². The minimum Gasteiger partial charge on any atom is -0.497 e. The number of amides is 1. The van der Waals surface area contributed by atoms with Gasteiger partial charge in [0.05, 0.1) is 13.7 Å². The van der Waals surface area contributed by atoms with Crippen LogP contribution in [0.4, 0.5) is 4.39 Å². The Labute approximate surface area is 151 Å². The van der Waals surface area contributed by atoms with Crippen LogP contribution in [0.3, 0.4) is 0 Å². The fraction of sp³-hybridized carbons (Fsp3) is 0.350. The molecule has 1 amide bonds. The Hall–Kier alpha value is -2.60. The van der Waals surface area contributed by atoms with E-state index >= 15 is 0 Å². The zero-order valence-electron chi connectivity index (χ0n) is 14.6. The molecule has 2 aromatic carbocycles. The summed E-state index contributed by atoms with van der Waals surface area (Å²) < 4.78 is 23.4. The number of carbonyl (C=O) groups excluding carboxylic acids is 1. The van der Waals surface area contributed by atoms with Crippen LogP contribution >= 0.6 is 0 Å².